The molecule has 0 atom stereocenters. The van der Waals surface area contributed by atoms with Gasteiger partial charge in [0.05, 0.1) is 0 Å². The van der Waals surface area contributed by atoms with Crippen molar-refractivity contribution in [1.29, 1.82) is 0 Å². The van der Waals surface area contributed by atoms with Crippen molar-refractivity contribution in [3.8, 4) is 11.4 Å². The number of hydrogen-bond donors (Lipinski definition) is 1. The second kappa shape index (κ2) is 6.37. The first kappa shape index (κ1) is 15.0. The topological polar surface area (TPSA) is 51.0 Å². The van der Waals surface area contributed by atoms with E-state index in [9.17, 15) is 0 Å². The average molecular weight is 294 g/mol. The fraction of sp³-hybridized carbons (Fsp3) is 0.467. The summed E-state index contributed by atoms with van der Waals surface area (Å²) in [5.74, 6) is 1.25. The van der Waals surface area contributed by atoms with Gasteiger partial charge in [-0.05, 0) is 29.7 Å². The summed E-state index contributed by atoms with van der Waals surface area (Å²) in [6, 6.07) is 7.40. The van der Waals surface area contributed by atoms with E-state index in [1.807, 2.05) is 24.3 Å². The molecule has 2 aromatic rings. The Hall–Kier alpha value is -1.39. The molecular formula is C15H20ClN3O. The Kier molecular flexibility index (Phi) is 4.78. The quantitative estimate of drug-likeness (QED) is 0.856. The molecule has 0 spiro atoms. The van der Waals surface area contributed by atoms with Crippen LogP contribution in [0.4, 0.5) is 0 Å². The highest BCUT2D eigenvalue weighted by Gasteiger charge is 2.11. The molecule has 1 aromatic carbocycles. The molecule has 0 aliphatic heterocycles. The lowest BCUT2D eigenvalue weighted by atomic mass is 9.97. The van der Waals surface area contributed by atoms with E-state index in [0.29, 0.717) is 16.7 Å². The summed E-state index contributed by atoms with van der Waals surface area (Å²) in [5.41, 5.74) is 1.19. The molecule has 0 saturated heterocycles. The van der Waals surface area contributed by atoms with Crippen LogP contribution in [-0.4, -0.2) is 23.2 Å². The van der Waals surface area contributed by atoms with Crippen LogP contribution in [0.5, 0.6) is 0 Å². The number of benzene rings is 1. The summed E-state index contributed by atoms with van der Waals surface area (Å²) in [7, 11) is 0. The minimum absolute atomic E-state index is 0.281. The zero-order valence-corrected chi connectivity index (χ0v) is 12.9. The van der Waals surface area contributed by atoms with Crippen molar-refractivity contribution < 1.29 is 4.52 Å². The van der Waals surface area contributed by atoms with Crippen LogP contribution in [-0.2, 0) is 6.42 Å². The lowest BCUT2D eigenvalue weighted by Gasteiger charge is -2.18. The zero-order chi connectivity index (χ0) is 14.6. The van der Waals surface area contributed by atoms with Gasteiger partial charge in [-0.15, -0.1) is 0 Å². The number of halogens is 1. The molecule has 0 bridgehead atoms. The summed E-state index contributed by atoms with van der Waals surface area (Å²) < 4.78 is 5.25. The molecule has 4 nitrogen and oxygen atoms in total. The highest BCUT2D eigenvalue weighted by atomic mass is 35.5. The molecule has 0 saturated carbocycles. The van der Waals surface area contributed by atoms with Gasteiger partial charge in [-0.25, -0.2) is 0 Å². The maximum atomic E-state index is 5.85. The molecule has 108 valence electrons. The van der Waals surface area contributed by atoms with Crippen LogP contribution < -0.4 is 5.32 Å². The Morgan fingerprint density at radius 2 is 1.90 bits per heavy atom. The largest absolute Gasteiger partial charge is 0.339 e. The molecule has 5 heteroatoms. The number of nitrogens with zero attached hydrogens (tertiary/aromatic N) is 2. The molecule has 20 heavy (non-hydrogen) atoms. The van der Waals surface area contributed by atoms with Gasteiger partial charge >= 0.3 is 0 Å². The van der Waals surface area contributed by atoms with Crippen LogP contribution in [0, 0.1) is 5.41 Å². The van der Waals surface area contributed by atoms with Crippen molar-refractivity contribution >= 4 is 11.6 Å². The van der Waals surface area contributed by atoms with Gasteiger partial charge in [0.15, 0.2) is 0 Å². The van der Waals surface area contributed by atoms with Gasteiger partial charge in [0.25, 0.3) is 0 Å². The SMILES string of the molecule is CC(C)(C)CNCCc1nc(-c2ccc(Cl)cc2)no1. The molecule has 0 fully saturated rings. The van der Waals surface area contributed by atoms with E-state index in [2.05, 4.69) is 36.2 Å². The molecular weight excluding hydrogens is 274 g/mol. The zero-order valence-electron chi connectivity index (χ0n) is 12.1. The van der Waals surface area contributed by atoms with Crippen LogP contribution in [0.25, 0.3) is 11.4 Å². The molecule has 0 unspecified atom stereocenters. The summed E-state index contributed by atoms with van der Waals surface area (Å²) in [6.07, 6.45) is 0.733. The van der Waals surface area contributed by atoms with Crippen molar-refractivity contribution in [2.75, 3.05) is 13.1 Å². The minimum Gasteiger partial charge on any atom is -0.339 e. The number of aromatic nitrogens is 2. The highest BCUT2D eigenvalue weighted by molar-refractivity contribution is 6.30. The van der Waals surface area contributed by atoms with Crippen molar-refractivity contribution in [3.05, 3.63) is 35.2 Å². The molecule has 2 rings (SSSR count). The maximum Gasteiger partial charge on any atom is 0.228 e. The van der Waals surface area contributed by atoms with Gasteiger partial charge in [-0.2, -0.15) is 4.98 Å². The van der Waals surface area contributed by atoms with E-state index in [0.717, 1.165) is 25.1 Å². The monoisotopic (exact) mass is 293 g/mol. The van der Waals surface area contributed by atoms with Crippen molar-refractivity contribution in [2.45, 2.75) is 27.2 Å². The third-order valence-corrected chi connectivity index (χ3v) is 2.99. The molecule has 0 radical (unpaired) electrons. The number of hydrogen-bond acceptors (Lipinski definition) is 4. The van der Waals surface area contributed by atoms with Gasteiger partial charge in [0, 0.05) is 30.1 Å². The Morgan fingerprint density at radius 3 is 2.55 bits per heavy atom. The van der Waals surface area contributed by atoms with Crippen LogP contribution in [0.3, 0.4) is 0 Å². The van der Waals surface area contributed by atoms with Crippen molar-refractivity contribution in [2.24, 2.45) is 5.41 Å². The highest BCUT2D eigenvalue weighted by Crippen LogP contribution is 2.18. The second-order valence-corrected chi connectivity index (χ2v) is 6.44. The lowest BCUT2D eigenvalue weighted by molar-refractivity contribution is 0.357. The summed E-state index contributed by atoms with van der Waals surface area (Å²) >= 11 is 5.85. The lowest BCUT2D eigenvalue weighted by Crippen LogP contribution is -2.28. The first-order valence-corrected chi connectivity index (χ1v) is 7.11. The van der Waals surface area contributed by atoms with Crippen LogP contribution in [0.1, 0.15) is 26.7 Å². The summed E-state index contributed by atoms with van der Waals surface area (Å²) in [6.45, 7) is 8.40. The van der Waals surface area contributed by atoms with E-state index in [1.54, 1.807) is 0 Å². The van der Waals surface area contributed by atoms with Gasteiger partial charge in [0.1, 0.15) is 0 Å². The third kappa shape index (κ3) is 4.62. The van der Waals surface area contributed by atoms with E-state index in [1.165, 1.54) is 0 Å². The van der Waals surface area contributed by atoms with E-state index < -0.39 is 0 Å². The van der Waals surface area contributed by atoms with E-state index in [-0.39, 0.29) is 5.41 Å². The average Bonchev–Trinajstić information content (AvgIpc) is 2.83. The van der Waals surface area contributed by atoms with Crippen molar-refractivity contribution in [1.82, 2.24) is 15.5 Å². The molecule has 1 N–H and O–H groups in total. The summed E-state index contributed by atoms with van der Waals surface area (Å²) in [5, 5.41) is 8.07. The number of rotatable bonds is 5. The van der Waals surface area contributed by atoms with Gasteiger partial charge in [-0.1, -0.05) is 37.5 Å². The Bertz CT molecular complexity index is 543. The molecule has 1 heterocycles. The summed E-state index contributed by atoms with van der Waals surface area (Å²) in [4.78, 5) is 4.38. The standard InChI is InChI=1S/C15H20ClN3O/c1-15(2,3)10-17-9-8-13-18-14(19-20-13)11-4-6-12(16)7-5-11/h4-7,17H,8-10H2,1-3H3. The van der Waals surface area contributed by atoms with E-state index >= 15 is 0 Å². The number of nitrogens with one attached hydrogen (secondary N) is 1. The predicted molar refractivity (Wildman–Crippen MR) is 80.8 cm³/mol. The van der Waals surface area contributed by atoms with Crippen LogP contribution in [0.2, 0.25) is 5.02 Å². The minimum atomic E-state index is 0.281. The Labute approximate surface area is 124 Å². The third-order valence-electron chi connectivity index (χ3n) is 2.74. The normalized spacial score (nSPS) is 11.8. The first-order valence-electron chi connectivity index (χ1n) is 6.73. The smallest absolute Gasteiger partial charge is 0.228 e. The first-order chi connectivity index (χ1) is 9.44. The molecule has 1 aromatic heterocycles. The molecule has 0 amide bonds. The van der Waals surface area contributed by atoms with Gasteiger partial charge < -0.3 is 9.84 Å². The fourth-order valence-electron chi connectivity index (χ4n) is 1.73. The van der Waals surface area contributed by atoms with Crippen molar-refractivity contribution in [3.63, 3.8) is 0 Å². The van der Waals surface area contributed by atoms with Crippen LogP contribution >= 0.6 is 11.6 Å². The van der Waals surface area contributed by atoms with Crippen LogP contribution in [0.15, 0.2) is 28.8 Å². The van der Waals surface area contributed by atoms with Gasteiger partial charge in [-0.3, -0.25) is 0 Å². The maximum absolute atomic E-state index is 5.85. The fourth-order valence-corrected chi connectivity index (χ4v) is 1.86. The second-order valence-electron chi connectivity index (χ2n) is 6.01. The van der Waals surface area contributed by atoms with E-state index in [4.69, 9.17) is 16.1 Å². The Morgan fingerprint density at radius 1 is 1.20 bits per heavy atom. The Balaban J connectivity index is 1.88. The molecule has 0 aliphatic carbocycles. The predicted octanol–water partition coefficient (Wildman–Crippen LogP) is 3.57. The van der Waals surface area contributed by atoms with Gasteiger partial charge in [0.2, 0.25) is 11.7 Å². The molecule has 0 aliphatic rings.